The molecule has 0 unspecified atom stereocenters. The molecule has 0 bridgehead atoms. The predicted molar refractivity (Wildman–Crippen MR) is 376 cm³/mol. The summed E-state index contributed by atoms with van der Waals surface area (Å²) in [5.74, 6) is -9.97. The largest absolute Gasteiger partial charge is 0.370 e. The molecule has 0 spiro atoms. The third kappa shape index (κ3) is 22.6. The minimum Gasteiger partial charge on any atom is -0.370 e. The number of aromatic nitrogens is 3. The zero-order chi connectivity index (χ0) is 73.2. The van der Waals surface area contributed by atoms with Crippen molar-refractivity contribution in [2.45, 2.75) is 170 Å². The van der Waals surface area contributed by atoms with Crippen LogP contribution in [0.1, 0.15) is 106 Å². The molecule has 102 heavy (non-hydrogen) atoms. The summed E-state index contributed by atoms with van der Waals surface area (Å²) in [5, 5.41) is 25.4. The van der Waals surface area contributed by atoms with Crippen LogP contribution in [0.2, 0.25) is 0 Å². The highest BCUT2D eigenvalue weighted by atomic mass is 16.2. The van der Waals surface area contributed by atoms with Gasteiger partial charge in [-0.2, -0.15) is 0 Å². The van der Waals surface area contributed by atoms with E-state index in [0.29, 0.717) is 52.5 Å². The van der Waals surface area contributed by atoms with Crippen LogP contribution in [0.25, 0.3) is 10.9 Å². The highest BCUT2D eigenvalue weighted by molar-refractivity contribution is 6.01. The number of amides is 12. The van der Waals surface area contributed by atoms with Crippen molar-refractivity contribution in [2.75, 3.05) is 32.7 Å². The fraction of sp³-hybridized carbons (Fsp3) is 0.464. The van der Waals surface area contributed by atoms with Gasteiger partial charge in [-0.25, -0.2) is 4.98 Å². The first-order valence-corrected chi connectivity index (χ1v) is 34.3. The summed E-state index contributed by atoms with van der Waals surface area (Å²) >= 11 is 0. The lowest BCUT2D eigenvalue weighted by atomic mass is 10.0. The second-order valence-corrected chi connectivity index (χ2v) is 25.6. The topological polar surface area (TPSA) is 519 Å². The number of nitrogens with zero attached hydrogens (tertiary/aromatic N) is 5. The molecule has 10 atom stereocenters. The molecule has 546 valence electrons. The van der Waals surface area contributed by atoms with Crippen LogP contribution in [0, 0.1) is 0 Å². The fourth-order valence-electron chi connectivity index (χ4n) is 12.8. The molecule has 5 aromatic rings. The van der Waals surface area contributed by atoms with E-state index in [9.17, 15) is 24.0 Å². The number of hydrogen-bond acceptors (Lipinski definition) is 15. The van der Waals surface area contributed by atoms with Crippen molar-refractivity contribution < 1.29 is 57.5 Å². The molecule has 3 aliphatic heterocycles. The van der Waals surface area contributed by atoms with Crippen molar-refractivity contribution in [3.05, 3.63) is 126 Å². The van der Waals surface area contributed by atoms with E-state index in [1.807, 2.05) is 0 Å². The standard InChI is InChI=1S/C69H93N21O12/c1-40(91)81-47(23-12-28-77-68(71)72)58(93)76-27-11-10-22-48-60(95)88-54(33-42-18-6-3-7-19-42)66(101)90-31-15-26-56(90)67(102)89-30-14-25-55(89)65(100)87-52(35-44-38-75-39-80-44)63(98)84-50(32-41-16-4-2-5-17-41)61(96)83-49(24-13-29-78-69(73)74)59(94)85-51(34-43-37-79-46-21-9-8-20-45(43)46)62(97)86-53(36-57(70)92)64(99)82-48/h2-9,16-21,37-39,47-56,79H,10-15,22-36H2,1H3,(H2,70,92)(H,75,80)(H,76,93)(H,81,91)(H,82,99)(H,83,96)(H,84,98)(H,85,94)(H,86,97)(H,87,100)(H,88,95)(H4,71,72,77)(H4,73,74,78)/t47-,48-,49-,50+,51-,52-,53-,54-,55-,56+/m0/s1. The third-order valence-electron chi connectivity index (χ3n) is 17.9. The maximum absolute atomic E-state index is 15.4. The van der Waals surface area contributed by atoms with Crippen LogP contribution in [0.15, 0.2) is 114 Å². The van der Waals surface area contributed by atoms with Gasteiger partial charge in [-0.05, 0) is 93.4 Å². The number of imidazole rings is 1. The van der Waals surface area contributed by atoms with Gasteiger partial charge in [0.25, 0.3) is 0 Å². The minimum absolute atomic E-state index is 0.0171. The van der Waals surface area contributed by atoms with Crippen molar-refractivity contribution in [1.29, 1.82) is 0 Å². The number of guanidine groups is 2. The molecule has 0 aliphatic carbocycles. The molecule has 8 rings (SSSR count). The molecule has 5 heterocycles. The number of aliphatic imine (C=N–C) groups is 2. The van der Waals surface area contributed by atoms with Crippen molar-refractivity contribution in [2.24, 2.45) is 38.7 Å². The second kappa shape index (κ2) is 37.7. The summed E-state index contributed by atoms with van der Waals surface area (Å²) in [6.45, 7) is 1.64. The molecule has 3 fully saturated rings. The molecule has 3 aliphatic rings. The minimum atomic E-state index is -1.84. The van der Waals surface area contributed by atoms with Gasteiger partial charge in [-0.3, -0.25) is 67.5 Å². The Bertz CT molecular complexity index is 3810. The van der Waals surface area contributed by atoms with Crippen LogP contribution in [0.4, 0.5) is 0 Å². The molecule has 2 aromatic heterocycles. The Labute approximate surface area is 589 Å². The van der Waals surface area contributed by atoms with Crippen LogP contribution in [-0.4, -0.2) is 201 Å². The number of carbonyl (C=O) groups is 12. The van der Waals surface area contributed by atoms with E-state index in [0.717, 1.165) is 0 Å². The maximum atomic E-state index is 15.4. The molecule has 21 N–H and O–H groups in total. The number of primary amides is 1. The number of para-hydroxylation sites is 1. The van der Waals surface area contributed by atoms with E-state index in [1.54, 1.807) is 91.1 Å². The molecule has 0 saturated carbocycles. The number of aromatic amines is 2. The first-order chi connectivity index (χ1) is 49.0. The van der Waals surface area contributed by atoms with Crippen molar-refractivity contribution in [3.8, 4) is 0 Å². The number of nitrogens with one attached hydrogen (secondary N) is 11. The Morgan fingerprint density at radius 1 is 0.539 bits per heavy atom. The number of carbonyl (C=O) groups excluding carboxylic acids is 12. The Hall–Kier alpha value is -11.4. The highest BCUT2D eigenvalue weighted by Crippen LogP contribution is 2.27. The van der Waals surface area contributed by atoms with Gasteiger partial charge in [0, 0.05) is 94.3 Å². The zero-order valence-electron chi connectivity index (χ0n) is 57.0. The third-order valence-corrected chi connectivity index (χ3v) is 17.9. The molecule has 12 amide bonds. The average Bonchev–Trinajstić information content (AvgIpc) is 1.63. The SMILES string of the molecule is CC(=O)N[C@@H](CCCN=C(N)N)C(=O)NCCCC[C@@H]1NC(=O)[C@H](CC(N)=O)NC(=O)[C@H](Cc2c[nH]c3ccccc23)NC(=O)[C@H](CCCN=C(N)N)NC(=O)[C@@H](Cc2ccccc2)NC(=O)[C@H](Cc2cnc[nH]2)NC(=O)[C@@H]2CCCN2C(=O)[C@H]2CCCN2C(=O)[C@H](Cc2ccccc2)NC1=O. The first-order valence-electron chi connectivity index (χ1n) is 34.3. The Balaban J connectivity index is 1.19. The van der Waals surface area contributed by atoms with Crippen LogP contribution in [0.3, 0.4) is 0 Å². The Kier molecular flexibility index (Phi) is 28.2. The number of fused-ring (bicyclic) bond motifs is 3. The van der Waals surface area contributed by atoms with Gasteiger partial charge in [0.05, 0.1) is 12.7 Å². The fourth-order valence-corrected chi connectivity index (χ4v) is 12.8. The summed E-state index contributed by atoms with van der Waals surface area (Å²) in [4.78, 5) is 196. The normalized spacial score (nSPS) is 22.4. The van der Waals surface area contributed by atoms with Gasteiger partial charge >= 0.3 is 0 Å². The van der Waals surface area contributed by atoms with Gasteiger partial charge < -0.3 is 96.3 Å². The molecular weight excluding hydrogens is 1310 g/mol. The lowest BCUT2D eigenvalue weighted by Crippen LogP contribution is -2.61. The number of H-pyrrole nitrogens is 2. The van der Waals surface area contributed by atoms with E-state index >= 15 is 33.6 Å². The van der Waals surface area contributed by atoms with Crippen LogP contribution in [-0.2, 0) is 83.2 Å². The molecule has 3 saturated heterocycles. The Morgan fingerprint density at radius 3 is 1.64 bits per heavy atom. The van der Waals surface area contributed by atoms with E-state index in [1.165, 1.54) is 29.2 Å². The van der Waals surface area contributed by atoms with Gasteiger partial charge in [-0.1, -0.05) is 78.9 Å². The summed E-state index contributed by atoms with van der Waals surface area (Å²) in [7, 11) is 0. The van der Waals surface area contributed by atoms with Gasteiger partial charge in [0.2, 0.25) is 70.9 Å². The van der Waals surface area contributed by atoms with E-state index in [-0.39, 0.29) is 122 Å². The molecule has 33 nitrogen and oxygen atoms in total. The predicted octanol–water partition coefficient (Wildman–Crippen LogP) is -2.68. The highest BCUT2D eigenvalue weighted by Gasteiger charge is 2.45. The lowest BCUT2D eigenvalue weighted by Gasteiger charge is -2.34. The summed E-state index contributed by atoms with van der Waals surface area (Å²) in [5.41, 5.74) is 30.9. The molecule has 0 radical (unpaired) electrons. The lowest BCUT2D eigenvalue weighted by molar-refractivity contribution is -0.148. The number of unbranched alkanes of at least 4 members (excludes halogenated alkanes) is 1. The monoisotopic (exact) mass is 1410 g/mol. The summed E-state index contributed by atoms with van der Waals surface area (Å²) < 4.78 is 0. The molecule has 3 aromatic carbocycles. The number of benzene rings is 3. The van der Waals surface area contributed by atoms with Crippen molar-refractivity contribution in [1.82, 2.24) is 72.6 Å². The summed E-state index contributed by atoms with van der Waals surface area (Å²) in [6.07, 6.45) is 4.61. The second-order valence-electron chi connectivity index (χ2n) is 25.6. The van der Waals surface area contributed by atoms with Crippen LogP contribution >= 0.6 is 0 Å². The average molecular weight is 1410 g/mol. The van der Waals surface area contributed by atoms with Crippen molar-refractivity contribution >= 4 is 93.7 Å². The smallest absolute Gasteiger partial charge is 0.246 e. The quantitative estimate of drug-likeness (QED) is 0.0161. The summed E-state index contributed by atoms with van der Waals surface area (Å²) in [6, 6.07) is 10.5. The maximum Gasteiger partial charge on any atom is 0.246 e. The molecular formula is C69H93N21O12. The number of nitrogens with two attached hydrogens (primary N) is 5. The Morgan fingerprint density at radius 2 is 1.04 bits per heavy atom. The van der Waals surface area contributed by atoms with Gasteiger partial charge in [0.1, 0.15) is 60.4 Å². The van der Waals surface area contributed by atoms with Crippen LogP contribution < -0.4 is 76.5 Å². The van der Waals surface area contributed by atoms with E-state index in [2.05, 4.69) is 72.8 Å². The van der Waals surface area contributed by atoms with Crippen LogP contribution in [0.5, 0.6) is 0 Å². The van der Waals surface area contributed by atoms with E-state index < -0.39 is 138 Å². The van der Waals surface area contributed by atoms with Gasteiger partial charge in [0.15, 0.2) is 11.9 Å². The van der Waals surface area contributed by atoms with E-state index in [4.69, 9.17) is 28.7 Å². The van der Waals surface area contributed by atoms with Crippen molar-refractivity contribution in [3.63, 3.8) is 0 Å². The molecule has 33 heteroatoms. The number of rotatable bonds is 25. The number of hydrogen-bond donors (Lipinski definition) is 16. The first kappa shape index (κ1) is 76.3. The van der Waals surface area contributed by atoms with Gasteiger partial charge in [-0.15, -0.1) is 0 Å². The zero-order valence-corrected chi connectivity index (χ0v) is 57.0.